The summed E-state index contributed by atoms with van der Waals surface area (Å²) in [5.74, 6) is -1.21. The highest BCUT2D eigenvalue weighted by Gasteiger charge is 2.27. The van der Waals surface area contributed by atoms with E-state index in [0.29, 0.717) is 11.1 Å². The Kier molecular flexibility index (Phi) is 8.63. The lowest BCUT2D eigenvalue weighted by molar-refractivity contribution is -0.150. The Bertz CT molecular complexity index is 803. The van der Waals surface area contributed by atoms with E-state index in [-0.39, 0.29) is 10.9 Å². The molecule has 8 heteroatoms. The van der Waals surface area contributed by atoms with E-state index in [4.69, 9.17) is 4.74 Å². The largest absolute Gasteiger partial charge is 0.454 e. The van der Waals surface area contributed by atoms with Crippen LogP contribution < -0.4 is 10.0 Å². The third-order valence-corrected chi connectivity index (χ3v) is 6.76. The molecule has 0 saturated heterocycles. The zero-order valence-corrected chi connectivity index (χ0v) is 18.6. The van der Waals surface area contributed by atoms with Crippen molar-refractivity contribution in [2.24, 2.45) is 0 Å². The first-order valence-electron chi connectivity index (χ1n) is 9.50. The van der Waals surface area contributed by atoms with E-state index in [1.54, 1.807) is 13.8 Å². The number of esters is 1. The molecule has 0 aliphatic carbocycles. The SMILES string of the molecule is CCC(CC)NC(=O)COC(=O)[C@H](C)NS(=O)(=O)c1c(C)c(C)cc(C)c1C. The first-order valence-corrected chi connectivity index (χ1v) is 11.0. The molecular weight excluding hydrogens is 380 g/mol. The van der Waals surface area contributed by atoms with Crippen LogP contribution >= 0.6 is 0 Å². The molecule has 1 atom stereocenters. The summed E-state index contributed by atoms with van der Waals surface area (Å²) in [6.07, 6.45) is 1.56. The molecule has 0 aliphatic rings. The summed E-state index contributed by atoms with van der Waals surface area (Å²) in [6.45, 7) is 12.0. The van der Waals surface area contributed by atoms with Gasteiger partial charge in [-0.3, -0.25) is 9.59 Å². The Morgan fingerprint density at radius 2 is 1.54 bits per heavy atom. The molecule has 1 aromatic rings. The van der Waals surface area contributed by atoms with Crippen LogP contribution in [0.5, 0.6) is 0 Å². The van der Waals surface area contributed by atoms with E-state index >= 15 is 0 Å². The van der Waals surface area contributed by atoms with E-state index in [1.165, 1.54) is 6.92 Å². The van der Waals surface area contributed by atoms with Crippen molar-refractivity contribution >= 4 is 21.9 Å². The van der Waals surface area contributed by atoms with Crippen LogP contribution in [0, 0.1) is 27.7 Å². The topological polar surface area (TPSA) is 102 Å². The summed E-state index contributed by atoms with van der Waals surface area (Å²) in [4.78, 5) is 24.2. The highest BCUT2D eigenvalue weighted by molar-refractivity contribution is 7.89. The number of nitrogens with one attached hydrogen (secondary N) is 2. The van der Waals surface area contributed by atoms with Gasteiger partial charge in [0.1, 0.15) is 6.04 Å². The van der Waals surface area contributed by atoms with Crippen molar-refractivity contribution in [1.82, 2.24) is 10.0 Å². The fourth-order valence-electron chi connectivity index (χ4n) is 2.95. The molecule has 0 radical (unpaired) electrons. The van der Waals surface area contributed by atoms with Gasteiger partial charge in [-0.2, -0.15) is 4.72 Å². The van der Waals surface area contributed by atoms with E-state index in [9.17, 15) is 18.0 Å². The standard InChI is InChI=1S/C20H32N2O5S/c1-8-17(9-2)21-18(23)11-27-20(24)16(7)22-28(25,26)19-14(5)12(3)10-13(4)15(19)6/h10,16-17,22H,8-9,11H2,1-7H3,(H,21,23)/t16-/m0/s1. The molecule has 0 bridgehead atoms. The quantitative estimate of drug-likeness (QED) is 0.607. The lowest BCUT2D eigenvalue weighted by Gasteiger charge is -2.19. The first kappa shape index (κ1) is 24.1. The second-order valence-electron chi connectivity index (χ2n) is 7.12. The van der Waals surface area contributed by atoms with Gasteiger partial charge in [-0.15, -0.1) is 0 Å². The van der Waals surface area contributed by atoms with Gasteiger partial charge >= 0.3 is 5.97 Å². The van der Waals surface area contributed by atoms with Gasteiger partial charge in [-0.05, 0) is 69.7 Å². The second kappa shape index (κ2) is 10.0. The van der Waals surface area contributed by atoms with Gasteiger partial charge in [-0.1, -0.05) is 19.9 Å². The van der Waals surface area contributed by atoms with Crippen molar-refractivity contribution in [1.29, 1.82) is 0 Å². The van der Waals surface area contributed by atoms with Crippen LogP contribution in [0.2, 0.25) is 0 Å². The number of rotatable bonds is 9. The van der Waals surface area contributed by atoms with Gasteiger partial charge in [0.25, 0.3) is 5.91 Å². The van der Waals surface area contributed by atoms with Crippen LogP contribution in [0.3, 0.4) is 0 Å². The number of sulfonamides is 1. The normalized spacial score (nSPS) is 12.7. The maximum absolute atomic E-state index is 12.9. The summed E-state index contributed by atoms with van der Waals surface area (Å²) >= 11 is 0. The molecular formula is C20H32N2O5S. The number of hydrogen-bond donors (Lipinski definition) is 2. The van der Waals surface area contributed by atoms with Gasteiger partial charge in [0.05, 0.1) is 4.90 Å². The van der Waals surface area contributed by atoms with Crippen LogP contribution in [0.25, 0.3) is 0 Å². The zero-order chi connectivity index (χ0) is 21.6. The number of carbonyl (C=O) groups is 2. The third-order valence-electron chi connectivity index (χ3n) is 4.95. The second-order valence-corrected chi connectivity index (χ2v) is 8.77. The monoisotopic (exact) mass is 412 g/mol. The molecule has 0 heterocycles. The summed E-state index contributed by atoms with van der Waals surface area (Å²) in [6, 6.07) is 0.836. The fraction of sp³-hybridized carbons (Fsp3) is 0.600. The molecule has 28 heavy (non-hydrogen) atoms. The van der Waals surface area contributed by atoms with Crippen molar-refractivity contribution in [3.05, 3.63) is 28.3 Å². The molecule has 7 nitrogen and oxygen atoms in total. The zero-order valence-electron chi connectivity index (χ0n) is 17.8. The van der Waals surface area contributed by atoms with Crippen molar-refractivity contribution in [2.75, 3.05) is 6.61 Å². The molecule has 0 fully saturated rings. The summed E-state index contributed by atoms with van der Waals surface area (Å²) in [5, 5.41) is 2.76. The average Bonchev–Trinajstić information content (AvgIpc) is 2.61. The minimum absolute atomic E-state index is 0.0256. The van der Waals surface area contributed by atoms with E-state index in [2.05, 4.69) is 10.0 Å². The van der Waals surface area contributed by atoms with Crippen LogP contribution in [-0.2, 0) is 24.3 Å². The van der Waals surface area contributed by atoms with Crippen LogP contribution in [0.4, 0.5) is 0 Å². The molecule has 0 aliphatic heterocycles. The van der Waals surface area contributed by atoms with Gasteiger partial charge in [-0.25, -0.2) is 8.42 Å². The highest BCUT2D eigenvalue weighted by Crippen LogP contribution is 2.26. The van der Waals surface area contributed by atoms with Crippen LogP contribution in [0.15, 0.2) is 11.0 Å². The van der Waals surface area contributed by atoms with Crippen molar-refractivity contribution in [2.45, 2.75) is 78.3 Å². The highest BCUT2D eigenvalue weighted by atomic mass is 32.2. The minimum atomic E-state index is -3.93. The summed E-state index contributed by atoms with van der Waals surface area (Å²) in [5.41, 5.74) is 3.00. The van der Waals surface area contributed by atoms with Crippen molar-refractivity contribution in [3.8, 4) is 0 Å². The molecule has 1 rings (SSSR count). The Morgan fingerprint density at radius 1 is 1.04 bits per heavy atom. The number of aryl methyl sites for hydroxylation is 2. The first-order chi connectivity index (χ1) is 12.9. The molecule has 0 unspecified atom stereocenters. The number of ether oxygens (including phenoxy) is 1. The van der Waals surface area contributed by atoms with Gasteiger partial charge in [0, 0.05) is 6.04 Å². The predicted octanol–water partition coefficient (Wildman–Crippen LogP) is 2.44. The minimum Gasteiger partial charge on any atom is -0.454 e. The van der Waals surface area contributed by atoms with E-state index in [1.807, 2.05) is 33.8 Å². The smallest absolute Gasteiger partial charge is 0.324 e. The lowest BCUT2D eigenvalue weighted by atomic mass is 10.0. The fourth-order valence-corrected chi connectivity index (χ4v) is 4.76. The Hall–Kier alpha value is -1.93. The van der Waals surface area contributed by atoms with Gasteiger partial charge in [0.2, 0.25) is 10.0 Å². The molecule has 1 aromatic carbocycles. The molecule has 2 N–H and O–H groups in total. The Labute approximate surface area is 168 Å². The van der Waals surface area contributed by atoms with Crippen LogP contribution in [0.1, 0.15) is 55.9 Å². The van der Waals surface area contributed by atoms with Crippen molar-refractivity contribution in [3.63, 3.8) is 0 Å². The van der Waals surface area contributed by atoms with Crippen LogP contribution in [-0.4, -0.2) is 39.0 Å². The third kappa shape index (κ3) is 6.04. The molecule has 0 saturated carbocycles. The maximum Gasteiger partial charge on any atom is 0.324 e. The van der Waals surface area contributed by atoms with Gasteiger partial charge < -0.3 is 10.1 Å². The number of hydrogen-bond acceptors (Lipinski definition) is 5. The number of amides is 1. The predicted molar refractivity (Wildman–Crippen MR) is 109 cm³/mol. The van der Waals surface area contributed by atoms with Crippen molar-refractivity contribution < 1.29 is 22.7 Å². The molecule has 0 aromatic heterocycles. The Balaban J connectivity index is 2.83. The maximum atomic E-state index is 12.9. The van der Waals surface area contributed by atoms with E-state index < -0.39 is 34.5 Å². The van der Waals surface area contributed by atoms with Gasteiger partial charge in [0.15, 0.2) is 6.61 Å². The molecule has 0 spiro atoms. The molecule has 158 valence electrons. The van der Waals surface area contributed by atoms with E-state index in [0.717, 1.165) is 24.0 Å². The Morgan fingerprint density at radius 3 is 2.00 bits per heavy atom. The number of carbonyl (C=O) groups excluding carboxylic acids is 2. The average molecular weight is 413 g/mol. The lowest BCUT2D eigenvalue weighted by Crippen LogP contribution is -2.42. The molecule has 1 amide bonds. The summed E-state index contributed by atoms with van der Waals surface area (Å²) < 4.78 is 33.0. The summed E-state index contributed by atoms with van der Waals surface area (Å²) in [7, 11) is -3.93. The number of benzene rings is 1.